The van der Waals surface area contributed by atoms with Crippen LogP contribution in [0.5, 0.6) is 0 Å². The van der Waals surface area contributed by atoms with Crippen LogP contribution in [0.2, 0.25) is 0 Å². The molecule has 0 fully saturated rings. The van der Waals surface area contributed by atoms with Crippen molar-refractivity contribution in [1.82, 2.24) is 4.57 Å². The summed E-state index contributed by atoms with van der Waals surface area (Å²) in [5.41, 5.74) is 15.7. The zero-order valence-corrected chi connectivity index (χ0v) is 24.1. The number of rotatable bonds is 1. The summed E-state index contributed by atoms with van der Waals surface area (Å²) in [6.07, 6.45) is 0. The van der Waals surface area contributed by atoms with Crippen molar-refractivity contribution < 1.29 is 0 Å². The average Bonchev–Trinajstić information content (AvgIpc) is 3.62. The molecular weight excluding hydrogens is 506 g/mol. The van der Waals surface area contributed by atoms with Crippen LogP contribution in [0.1, 0.15) is 48.6 Å². The van der Waals surface area contributed by atoms with E-state index >= 15 is 0 Å². The largest absolute Gasteiger partial charge is 0.309 e. The first-order chi connectivity index (χ1) is 20.5. The Morgan fingerprint density at radius 1 is 0.500 bits per heavy atom. The van der Waals surface area contributed by atoms with Crippen LogP contribution in [0.25, 0.3) is 49.7 Å². The van der Waals surface area contributed by atoms with Crippen LogP contribution in [-0.4, -0.2) is 4.57 Å². The highest BCUT2D eigenvalue weighted by atomic mass is 15.0. The highest BCUT2D eigenvalue weighted by Gasteiger charge is 2.53. The van der Waals surface area contributed by atoms with Crippen LogP contribution in [0, 0.1) is 0 Å². The number of para-hydroxylation sites is 1. The van der Waals surface area contributed by atoms with E-state index in [2.05, 4.69) is 159 Å². The summed E-state index contributed by atoms with van der Waals surface area (Å²) in [6.45, 7) is 6.92. The number of hydrogen-bond donors (Lipinski definition) is 0. The van der Waals surface area contributed by atoms with Crippen molar-refractivity contribution in [3.8, 4) is 27.9 Å². The molecule has 2 aliphatic rings. The fourth-order valence-electron chi connectivity index (χ4n) is 8.00. The smallest absolute Gasteiger partial charge is 0.0746 e. The second-order valence-electron chi connectivity index (χ2n) is 12.9. The van der Waals surface area contributed by atoms with E-state index in [1.807, 2.05) is 0 Å². The lowest BCUT2D eigenvalue weighted by Gasteiger charge is -2.31. The molecule has 0 amide bonds. The molecule has 1 aromatic heterocycles. The molecule has 1 nitrogen and oxygen atoms in total. The van der Waals surface area contributed by atoms with Crippen LogP contribution in [0.3, 0.4) is 0 Å². The molecule has 200 valence electrons. The average molecular weight is 538 g/mol. The van der Waals surface area contributed by atoms with Gasteiger partial charge >= 0.3 is 0 Å². The van der Waals surface area contributed by atoms with Gasteiger partial charge in [-0.15, -0.1) is 0 Å². The maximum Gasteiger partial charge on any atom is 0.0746 e. The molecule has 42 heavy (non-hydrogen) atoms. The predicted octanol–water partition coefficient (Wildman–Crippen LogP) is 10.4. The van der Waals surface area contributed by atoms with Gasteiger partial charge in [0.1, 0.15) is 0 Å². The Morgan fingerprint density at radius 3 is 1.64 bits per heavy atom. The van der Waals surface area contributed by atoms with Crippen LogP contribution < -0.4 is 0 Å². The Bertz CT molecular complexity index is 2160. The van der Waals surface area contributed by atoms with Crippen molar-refractivity contribution in [2.24, 2.45) is 0 Å². The van der Waals surface area contributed by atoms with Crippen molar-refractivity contribution in [1.29, 1.82) is 0 Å². The molecule has 6 aromatic carbocycles. The summed E-state index contributed by atoms with van der Waals surface area (Å²) in [7, 11) is 0. The molecule has 2 aliphatic carbocycles. The Hall–Kier alpha value is -4.88. The van der Waals surface area contributed by atoms with Gasteiger partial charge in [0.2, 0.25) is 0 Å². The Kier molecular flexibility index (Phi) is 4.59. The van der Waals surface area contributed by atoms with Gasteiger partial charge in [-0.1, -0.05) is 130 Å². The van der Waals surface area contributed by atoms with Gasteiger partial charge in [-0.2, -0.15) is 0 Å². The van der Waals surface area contributed by atoms with Gasteiger partial charge in [0.15, 0.2) is 0 Å². The minimum Gasteiger partial charge on any atom is -0.309 e. The van der Waals surface area contributed by atoms with Crippen molar-refractivity contribution >= 4 is 21.8 Å². The van der Waals surface area contributed by atoms with E-state index in [1.54, 1.807) is 0 Å². The van der Waals surface area contributed by atoms with E-state index in [0.29, 0.717) is 0 Å². The zero-order chi connectivity index (χ0) is 28.2. The fraction of sp³-hybridized carbons (Fsp3) is 0.122. The van der Waals surface area contributed by atoms with Crippen LogP contribution in [0.4, 0.5) is 0 Å². The van der Waals surface area contributed by atoms with Crippen molar-refractivity contribution in [2.45, 2.75) is 31.6 Å². The predicted molar refractivity (Wildman–Crippen MR) is 176 cm³/mol. The molecule has 9 rings (SSSR count). The van der Waals surface area contributed by atoms with Crippen molar-refractivity contribution in [3.63, 3.8) is 0 Å². The van der Waals surface area contributed by atoms with Gasteiger partial charge < -0.3 is 4.57 Å². The first-order valence-corrected chi connectivity index (χ1v) is 15.0. The lowest BCUT2D eigenvalue weighted by atomic mass is 9.70. The third kappa shape index (κ3) is 2.83. The molecule has 0 N–H and O–H groups in total. The van der Waals surface area contributed by atoms with E-state index in [0.717, 1.165) is 0 Å². The summed E-state index contributed by atoms with van der Waals surface area (Å²) in [5.74, 6) is 0. The molecule has 0 unspecified atom stereocenters. The van der Waals surface area contributed by atoms with Crippen LogP contribution in [0.15, 0.2) is 133 Å². The second kappa shape index (κ2) is 8.11. The number of fused-ring (bicyclic) bond motifs is 14. The van der Waals surface area contributed by atoms with Gasteiger partial charge in [-0.05, 0) is 74.2 Å². The molecule has 0 saturated carbocycles. The molecule has 1 heterocycles. The molecule has 0 saturated heterocycles. The lowest BCUT2D eigenvalue weighted by Crippen LogP contribution is -2.26. The van der Waals surface area contributed by atoms with Gasteiger partial charge in [-0.25, -0.2) is 0 Å². The summed E-state index contributed by atoms with van der Waals surface area (Å²) < 4.78 is 2.53. The summed E-state index contributed by atoms with van der Waals surface area (Å²) in [6, 6.07) is 50.1. The van der Waals surface area contributed by atoms with E-state index in [9.17, 15) is 0 Å². The highest BCUT2D eigenvalue weighted by molar-refractivity contribution is 6.14. The third-order valence-corrected chi connectivity index (χ3v) is 9.76. The van der Waals surface area contributed by atoms with Crippen molar-refractivity contribution in [3.05, 3.63) is 161 Å². The standard InChI is InChI=1S/C41H31N/c1-40(2,3)26-21-24-37-33(25-26)32-23-22-31-30-17-9-12-20-36(30)41(38(31)39(32)42(37)27-13-5-4-6-14-27)34-18-10-7-15-28(34)29-16-8-11-19-35(29)41/h4-25H,1-3H3. The van der Waals surface area contributed by atoms with Gasteiger partial charge in [-0.3, -0.25) is 0 Å². The van der Waals surface area contributed by atoms with Crippen LogP contribution >= 0.6 is 0 Å². The maximum atomic E-state index is 2.53. The highest BCUT2D eigenvalue weighted by Crippen LogP contribution is 2.64. The third-order valence-electron chi connectivity index (χ3n) is 9.76. The molecule has 1 spiro atoms. The van der Waals surface area contributed by atoms with E-state index in [-0.39, 0.29) is 5.41 Å². The molecule has 0 bridgehead atoms. The number of aromatic nitrogens is 1. The van der Waals surface area contributed by atoms with E-state index in [4.69, 9.17) is 0 Å². The monoisotopic (exact) mass is 537 g/mol. The number of nitrogens with zero attached hydrogens (tertiary/aromatic N) is 1. The zero-order valence-electron chi connectivity index (χ0n) is 24.1. The molecule has 0 radical (unpaired) electrons. The van der Waals surface area contributed by atoms with Gasteiger partial charge in [0.25, 0.3) is 0 Å². The first kappa shape index (κ1) is 23.8. The topological polar surface area (TPSA) is 4.93 Å². The van der Waals surface area contributed by atoms with Crippen molar-refractivity contribution in [2.75, 3.05) is 0 Å². The van der Waals surface area contributed by atoms with E-state index < -0.39 is 5.41 Å². The Balaban J connectivity index is 1.55. The summed E-state index contributed by atoms with van der Waals surface area (Å²) >= 11 is 0. The van der Waals surface area contributed by atoms with Gasteiger partial charge in [0.05, 0.1) is 16.4 Å². The van der Waals surface area contributed by atoms with Gasteiger partial charge in [0, 0.05) is 22.0 Å². The minimum atomic E-state index is -0.396. The summed E-state index contributed by atoms with van der Waals surface area (Å²) in [5, 5.41) is 2.63. The quantitative estimate of drug-likeness (QED) is 0.196. The number of benzene rings is 6. The van der Waals surface area contributed by atoms with E-state index in [1.165, 1.54) is 77.6 Å². The minimum absolute atomic E-state index is 0.0624. The fourth-order valence-corrected chi connectivity index (χ4v) is 8.00. The lowest BCUT2D eigenvalue weighted by molar-refractivity contribution is 0.591. The molecule has 0 atom stereocenters. The SMILES string of the molecule is CC(C)(C)c1ccc2c(c1)c1ccc3c(c1n2-c1ccccc1)C1(c2ccccc2-c2ccccc21)c1ccccc1-3. The normalized spacial score (nSPS) is 14.3. The summed E-state index contributed by atoms with van der Waals surface area (Å²) in [4.78, 5) is 0. The molecular formula is C41H31N. The first-order valence-electron chi connectivity index (χ1n) is 15.0. The molecule has 1 heteroatoms. The maximum absolute atomic E-state index is 2.53. The second-order valence-corrected chi connectivity index (χ2v) is 12.9. The number of hydrogen-bond acceptors (Lipinski definition) is 0. The van der Waals surface area contributed by atoms with Crippen LogP contribution in [-0.2, 0) is 10.8 Å². The Labute approximate surface area is 246 Å². The molecule has 7 aromatic rings. The Morgan fingerprint density at radius 2 is 1.05 bits per heavy atom. The molecule has 0 aliphatic heterocycles.